The zero-order valence-electron chi connectivity index (χ0n) is 10.5. The molecular formula is C13H23NO2S. The third kappa shape index (κ3) is 3.46. The topological polar surface area (TPSA) is 52.3 Å². The Morgan fingerprint density at radius 3 is 2.88 bits per heavy atom. The van der Waals surface area contributed by atoms with Gasteiger partial charge in [0, 0.05) is 18.9 Å². The molecule has 1 spiro atoms. The molecule has 0 bridgehead atoms. The average molecular weight is 257 g/mol. The van der Waals surface area contributed by atoms with Crippen molar-refractivity contribution in [1.82, 2.24) is 0 Å². The Balaban J connectivity index is 1.89. The van der Waals surface area contributed by atoms with Crippen LogP contribution in [-0.4, -0.2) is 36.0 Å². The Morgan fingerprint density at radius 2 is 2.18 bits per heavy atom. The zero-order valence-corrected chi connectivity index (χ0v) is 11.3. The Labute approximate surface area is 108 Å². The molecule has 2 aliphatic rings. The summed E-state index contributed by atoms with van der Waals surface area (Å²) >= 11 is 2.00. The van der Waals surface area contributed by atoms with Crippen molar-refractivity contribution in [3.05, 3.63) is 0 Å². The monoisotopic (exact) mass is 257 g/mol. The number of carbonyl (C=O) groups is 1. The van der Waals surface area contributed by atoms with E-state index in [2.05, 4.69) is 0 Å². The van der Waals surface area contributed by atoms with Crippen LogP contribution in [0.15, 0.2) is 0 Å². The summed E-state index contributed by atoms with van der Waals surface area (Å²) in [6, 6.07) is 0. The van der Waals surface area contributed by atoms with E-state index in [9.17, 15) is 4.79 Å². The van der Waals surface area contributed by atoms with Crippen molar-refractivity contribution >= 4 is 17.5 Å². The summed E-state index contributed by atoms with van der Waals surface area (Å²) < 4.78 is 6.00. The Kier molecular flexibility index (Phi) is 4.88. The molecule has 98 valence electrons. The second-order valence-corrected chi connectivity index (χ2v) is 6.42. The molecule has 0 aromatic rings. The zero-order chi connectivity index (χ0) is 12.1. The lowest BCUT2D eigenvalue weighted by Gasteiger charge is -2.43. The van der Waals surface area contributed by atoms with Crippen molar-refractivity contribution < 1.29 is 9.53 Å². The standard InChI is InChI=1S/C13H23NO2S/c14-6-1-2-12(15)11-3-7-16-13(10-11)4-8-17-9-5-13/h11H,1-10,14H2. The minimum atomic E-state index is 0.0343. The fourth-order valence-electron chi connectivity index (χ4n) is 2.87. The number of ether oxygens (including phenoxy) is 1. The summed E-state index contributed by atoms with van der Waals surface area (Å²) in [7, 11) is 0. The second kappa shape index (κ2) is 6.21. The lowest BCUT2D eigenvalue weighted by molar-refractivity contribution is -0.138. The fourth-order valence-corrected chi connectivity index (χ4v) is 4.11. The van der Waals surface area contributed by atoms with Crippen LogP contribution in [-0.2, 0) is 9.53 Å². The Bertz CT molecular complexity index is 259. The highest BCUT2D eigenvalue weighted by atomic mass is 32.2. The molecule has 2 heterocycles. The van der Waals surface area contributed by atoms with Crippen LogP contribution in [0.25, 0.3) is 0 Å². The molecule has 0 aromatic heterocycles. The SMILES string of the molecule is NCCCC(=O)C1CCOC2(CCSCC2)C1. The van der Waals surface area contributed by atoms with E-state index in [0.29, 0.717) is 18.7 Å². The van der Waals surface area contributed by atoms with E-state index in [-0.39, 0.29) is 11.5 Å². The van der Waals surface area contributed by atoms with Crippen LogP contribution in [0.5, 0.6) is 0 Å². The molecule has 1 atom stereocenters. The first-order valence-corrected chi connectivity index (χ1v) is 7.86. The third-order valence-corrected chi connectivity index (χ3v) is 4.97. The minimum Gasteiger partial charge on any atom is -0.375 e. The van der Waals surface area contributed by atoms with E-state index in [0.717, 1.165) is 38.7 Å². The Hall–Kier alpha value is -0.0600. The van der Waals surface area contributed by atoms with Crippen LogP contribution in [0.4, 0.5) is 0 Å². The number of hydrogen-bond donors (Lipinski definition) is 1. The number of nitrogens with two attached hydrogens (primary N) is 1. The maximum Gasteiger partial charge on any atom is 0.136 e. The first-order chi connectivity index (χ1) is 8.26. The van der Waals surface area contributed by atoms with Crippen molar-refractivity contribution in [3.63, 3.8) is 0 Å². The van der Waals surface area contributed by atoms with E-state index in [1.807, 2.05) is 11.8 Å². The van der Waals surface area contributed by atoms with Gasteiger partial charge in [-0.15, -0.1) is 0 Å². The van der Waals surface area contributed by atoms with E-state index in [4.69, 9.17) is 10.5 Å². The second-order valence-electron chi connectivity index (χ2n) is 5.19. The molecule has 1 unspecified atom stereocenters. The largest absolute Gasteiger partial charge is 0.375 e. The van der Waals surface area contributed by atoms with Gasteiger partial charge < -0.3 is 10.5 Å². The molecular weight excluding hydrogens is 234 g/mol. The molecule has 2 rings (SSSR count). The number of rotatable bonds is 4. The number of carbonyl (C=O) groups excluding carboxylic acids is 1. The van der Waals surface area contributed by atoms with E-state index in [1.54, 1.807) is 0 Å². The molecule has 4 heteroatoms. The van der Waals surface area contributed by atoms with Gasteiger partial charge in [0.15, 0.2) is 0 Å². The van der Waals surface area contributed by atoms with Crippen molar-refractivity contribution in [1.29, 1.82) is 0 Å². The molecule has 17 heavy (non-hydrogen) atoms. The average Bonchev–Trinajstić information content (AvgIpc) is 2.37. The molecule has 3 nitrogen and oxygen atoms in total. The van der Waals surface area contributed by atoms with Gasteiger partial charge in [-0.3, -0.25) is 4.79 Å². The minimum absolute atomic E-state index is 0.0343. The van der Waals surface area contributed by atoms with Crippen molar-refractivity contribution in [3.8, 4) is 0 Å². The molecule has 2 saturated heterocycles. The number of Topliss-reactive ketones (excluding diaryl/α,β-unsaturated/α-hetero) is 1. The smallest absolute Gasteiger partial charge is 0.136 e. The van der Waals surface area contributed by atoms with Crippen molar-refractivity contribution in [2.24, 2.45) is 11.7 Å². The van der Waals surface area contributed by atoms with Crippen molar-refractivity contribution in [2.75, 3.05) is 24.7 Å². The number of hydrogen-bond acceptors (Lipinski definition) is 4. The maximum absolute atomic E-state index is 12.1. The fraction of sp³-hybridized carbons (Fsp3) is 0.923. The highest BCUT2D eigenvalue weighted by Crippen LogP contribution is 2.40. The lowest BCUT2D eigenvalue weighted by Crippen LogP contribution is -2.44. The molecule has 0 aromatic carbocycles. The van der Waals surface area contributed by atoms with E-state index < -0.39 is 0 Å². The first-order valence-electron chi connectivity index (χ1n) is 6.70. The molecule has 2 fully saturated rings. The van der Waals surface area contributed by atoms with Gasteiger partial charge in [-0.1, -0.05) is 0 Å². The molecule has 0 amide bonds. The highest BCUT2D eigenvalue weighted by molar-refractivity contribution is 7.99. The predicted octanol–water partition coefficient (Wildman–Crippen LogP) is 1.99. The van der Waals surface area contributed by atoms with Gasteiger partial charge >= 0.3 is 0 Å². The number of thioether (sulfide) groups is 1. The molecule has 2 N–H and O–H groups in total. The molecule has 0 aliphatic carbocycles. The summed E-state index contributed by atoms with van der Waals surface area (Å²) in [5, 5.41) is 0. The van der Waals surface area contributed by atoms with Gasteiger partial charge in [-0.05, 0) is 50.2 Å². The van der Waals surface area contributed by atoms with Gasteiger partial charge in [0.25, 0.3) is 0 Å². The molecule has 2 aliphatic heterocycles. The summed E-state index contributed by atoms with van der Waals surface area (Å²) in [5.41, 5.74) is 5.50. The van der Waals surface area contributed by atoms with Gasteiger partial charge in [0.1, 0.15) is 5.78 Å². The van der Waals surface area contributed by atoms with Crippen LogP contribution in [0.2, 0.25) is 0 Å². The van der Waals surface area contributed by atoms with Gasteiger partial charge in [-0.2, -0.15) is 11.8 Å². The normalized spacial score (nSPS) is 28.2. The van der Waals surface area contributed by atoms with Crippen molar-refractivity contribution in [2.45, 2.75) is 44.1 Å². The van der Waals surface area contributed by atoms with Crippen LogP contribution in [0.3, 0.4) is 0 Å². The summed E-state index contributed by atoms with van der Waals surface area (Å²) in [6.45, 7) is 1.39. The molecule has 0 radical (unpaired) electrons. The van der Waals surface area contributed by atoms with E-state index >= 15 is 0 Å². The van der Waals surface area contributed by atoms with Crippen LogP contribution < -0.4 is 5.73 Å². The van der Waals surface area contributed by atoms with E-state index in [1.165, 1.54) is 11.5 Å². The van der Waals surface area contributed by atoms with Crippen LogP contribution in [0, 0.1) is 5.92 Å². The molecule has 0 saturated carbocycles. The predicted molar refractivity (Wildman–Crippen MR) is 71.3 cm³/mol. The highest BCUT2D eigenvalue weighted by Gasteiger charge is 2.40. The van der Waals surface area contributed by atoms with Crippen LogP contribution in [0.1, 0.15) is 38.5 Å². The lowest BCUT2D eigenvalue weighted by atomic mass is 9.79. The maximum atomic E-state index is 12.1. The van der Waals surface area contributed by atoms with Gasteiger partial charge in [0.2, 0.25) is 0 Å². The summed E-state index contributed by atoms with van der Waals surface area (Å²) in [5.74, 6) is 3.02. The third-order valence-electron chi connectivity index (χ3n) is 3.98. The first kappa shape index (κ1) is 13.4. The van der Waals surface area contributed by atoms with Gasteiger partial charge in [0.05, 0.1) is 5.60 Å². The summed E-state index contributed by atoms with van der Waals surface area (Å²) in [6.07, 6.45) is 5.61. The summed E-state index contributed by atoms with van der Waals surface area (Å²) in [4.78, 5) is 12.1. The van der Waals surface area contributed by atoms with Crippen LogP contribution >= 0.6 is 11.8 Å². The van der Waals surface area contributed by atoms with Gasteiger partial charge in [-0.25, -0.2) is 0 Å². The quantitative estimate of drug-likeness (QED) is 0.837. The Morgan fingerprint density at radius 1 is 1.41 bits per heavy atom. The number of ketones is 1.